The van der Waals surface area contributed by atoms with Crippen molar-refractivity contribution in [3.63, 3.8) is 0 Å². The topological polar surface area (TPSA) is 103 Å². The third kappa shape index (κ3) is 8.74. The van der Waals surface area contributed by atoms with Gasteiger partial charge in [0.25, 0.3) is 0 Å². The minimum Gasteiger partial charge on any atom is -0.468 e. The van der Waals surface area contributed by atoms with Crippen molar-refractivity contribution in [2.24, 2.45) is 16.5 Å². The number of carbonyl (C=O) groups is 1. The minimum atomic E-state index is -0.280. The van der Waals surface area contributed by atoms with Gasteiger partial charge >= 0.3 is 5.97 Å². The van der Waals surface area contributed by atoms with E-state index in [0.29, 0.717) is 19.0 Å². The van der Waals surface area contributed by atoms with Crippen LogP contribution in [0.4, 0.5) is 0 Å². The Bertz CT molecular complexity index is 285. The molecule has 1 atom stereocenters. The minimum absolute atomic E-state index is 0.0856. The van der Waals surface area contributed by atoms with E-state index in [1.165, 1.54) is 7.11 Å². The highest BCUT2D eigenvalue weighted by Gasteiger charge is 2.21. The predicted octanol–water partition coefficient (Wildman–Crippen LogP) is 1.14. The lowest BCUT2D eigenvalue weighted by atomic mass is 10.0. The Balaban J connectivity index is 4.38. The second-order valence-electron chi connectivity index (χ2n) is 4.97. The van der Waals surface area contributed by atoms with Gasteiger partial charge in [0.15, 0.2) is 5.96 Å². The van der Waals surface area contributed by atoms with Crippen molar-refractivity contribution >= 4 is 11.9 Å². The molecule has 0 aliphatic carbocycles. The number of esters is 1. The lowest BCUT2D eigenvalue weighted by Gasteiger charge is -2.23. The molecule has 6 nitrogen and oxygen atoms in total. The van der Waals surface area contributed by atoms with E-state index in [1.807, 2.05) is 0 Å². The highest BCUT2D eigenvalue weighted by Crippen LogP contribution is 2.09. The van der Waals surface area contributed by atoms with Crippen LogP contribution in [0.5, 0.6) is 0 Å². The van der Waals surface area contributed by atoms with Crippen molar-refractivity contribution in [2.75, 3.05) is 13.7 Å². The molecule has 0 aliphatic heterocycles. The van der Waals surface area contributed by atoms with Crippen molar-refractivity contribution in [1.29, 1.82) is 0 Å². The summed E-state index contributed by atoms with van der Waals surface area (Å²) in [4.78, 5) is 15.7. The molecule has 0 bridgehead atoms. The predicted molar refractivity (Wildman–Crippen MR) is 82.5 cm³/mol. The smallest absolute Gasteiger partial charge is 0.322 e. The van der Waals surface area contributed by atoms with Gasteiger partial charge in [-0.15, -0.1) is 0 Å². The maximum absolute atomic E-state index is 11.8. The molecule has 0 saturated heterocycles. The Labute approximate surface area is 122 Å². The molecule has 0 aromatic carbocycles. The lowest BCUT2D eigenvalue weighted by molar-refractivity contribution is -0.143. The van der Waals surface area contributed by atoms with Crippen LogP contribution in [-0.2, 0) is 9.53 Å². The number of methoxy groups -OCH3 is 1. The number of rotatable bonds is 11. The fourth-order valence-corrected chi connectivity index (χ4v) is 2.21. The molecule has 0 aromatic rings. The Morgan fingerprint density at radius 3 is 2.25 bits per heavy atom. The summed E-state index contributed by atoms with van der Waals surface area (Å²) < 4.78 is 4.86. The van der Waals surface area contributed by atoms with Crippen molar-refractivity contribution in [2.45, 2.75) is 64.5 Å². The quantitative estimate of drug-likeness (QED) is 0.229. The summed E-state index contributed by atoms with van der Waals surface area (Å²) in [6.45, 7) is 4.83. The first-order valence-corrected chi connectivity index (χ1v) is 7.44. The van der Waals surface area contributed by atoms with Crippen molar-refractivity contribution < 1.29 is 9.53 Å². The summed E-state index contributed by atoms with van der Waals surface area (Å²) in [5, 5.41) is 3.41. The Hall–Kier alpha value is -1.30. The summed E-state index contributed by atoms with van der Waals surface area (Å²) in [6, 6.07) is 0.0782. The first kappa shape index (κ1) is 18.7. The van der Waals surface area contributed by atoms with Gasteiger partial charge in [0.1, 0.15) is 6.04 Å². The van der Waals surface area contributed by atoms with Gasteiger partial charge in [-0.25, -0.2) is 0 Å². The van der Waals surface area contributed by atoms with E-state index in [4.69, 9.17) is 16.2 Å². The second-order valence-corrected chi connectivity index (χ2v) is 4.97. The molecule has 0 aliphatic rings. The first-order valence-electron chi connectivity index (χ1n) is 7.44. The highest BCUT2D eigenvalue weighted by atomic mass is 16.5. The first-order chi connectivity index (χ1) is 9.54. The van der Waals surface area contributed by atoms with Crippen LogP contribution in [0.25, 0.3) is 0 Å². The van der Waals surface area contributed by atoms with Crippen LogP contribution in [0, 0.1) is 0 Å². The van der Waals surface area contributed by atoms with Crippen LogP contribution in [0.3, 0.4) is 0 Å². The fraction of sp³-hybridized carbons (Fsp3) is 0.857. The fourth-order valence-electron chi connectivity index (χ4n) is 2.21. The van der Waals surface area contributed by atoms with Gasteiger partial charge < -0.3 is 21.5 Å². The molecule has 5 N–H and O–H groups in total. The maximum atomic E-state index is 11.8. The lowest BCUT2D eigenvalue weighted by Crippen LogP contribution is -2.44. The van der Waals surface area contributed by atoms with Crippen molar-refractivity contribution in [1.82, 2.24) is 5.32 Å². The molecular formula is C14H30N4O2. The van der Waals surface area contributed by atoms with Gasteiger partial charge in [0, 0.05) is 12.6 Å². The Morgan fingerprint density at radius 2 is 1.80 bits per heavy atom. The monoisotopic (exact) mass is 286 g/mol. The number of nitrogens with two attached hydrogens (primary N) is 2. The number of hydrogen-bond donors (Lipinski definition) is 3. The summed E-state index contributed by atoms with van der Waals surface area (Å²) in [7, 11) is 1.42. The van der Waals surface area contributed by atoms with Gasteiger partial charge in [-0.05, 0) is 25.7 Å². The van der Waals surface area contributed by atoms with Gasteiger partial charge in [-0.2, -0.15) is 0 Å². The highest BCUT2D eigenvalue weighted by molar-refractivity contribution is 5.76. The van der Waals surface area contributed by atoms with E-state index in [9.17, 15) is 4.79 Å². The van der Waals surface area contributed by atoms with Gasteiger partial charge in [-0.3, -0.25) is 9.79 Å². The summed E-state index contributed by atoms with van der Waals surface area (Å²) in [5.41, 5.74) is 10.6. The van der Waals surface area contributed by atoms with Crippen LogP contribution in [0.1, 0.15) is 52.4 Å². The Kier molecular flexibility index (Phi) is 10.8. The molecule has 0 amide bonds. The zero-order valence-corrected chi connectivity index (χ0v) is 13.0. The molecule has 0 spiro atoms. The normalized spacial score (nSPS) is 12.2. The van der Waals surface area contributed by atoms with Crippen LogP contribution in [-0.4, -0.2) is 37.7 Å². The van der Waals surface area contributed by atoms with E-state index < -0.39 is 0 Å². The third-order valence-electron chi connectivity index (χ3n) is 3.14. The number of nitrogens with one attached hydrogen (secondary N) is 1. The summed E-state index contributed by atoms with van der Waals surface area (Å²) in [5.74, 6) is -0.130. The molecule has 0 fully saturated rings. The third-order valence-corrected chi connectivity index (χ3v) is 3.14. The van der Waals surface area contributed by atoms with Gasteiger partial charge in [0.2, 0.25) is 0 Å². The molecular weight excluding hydrogens is 256 g/mol. The van der Waals surface area contributed by atoms with Crippen molar-refractivity contribution in [3.8, 4) is 0 Å². The largest absolute Gasteiger partial charge is 0.468 e. The van der Waals surface area contributed by atoms with Gasteiger partial charge in [-0.1, -0.05) is 26.7 Å². The molecule has 0 rings (SSSR count). The number of carbonyl (C=O) groups excluding carboxylic acids is 1. The summed E-state index contributed by atoms with van der Waals surface area (Å²) >= 11 is 0. The zero-order chi connectivity index (χ0) is 15.4. The second kappa shape index (κ2) is 11.5. The zero-order valence-electron chi connectivity index (χ0n) is 13.0. The van der Waals surface area contributed by atoms with E-state index in [2.05, 4.69) is 24.2 Å². The molecule has 118 valence electrons. The van der Waals surface area contributed by atoms with E-state index in [1.54, 1.807) is 0 Å². The van der Waals surface area contributed by atoms with Crippen LogP contribution >= 0.6 is 0 Å². The molecule has 0 aromatic heterocycles. The molecule has 6 heteroatoms. The van der Waals surface area contributed by atoms with E-state index in [0.717, 1.165) is 32.1 Å². The average Bonchev–Trinajstić information content (AvgIpc) is 2.41. The standard InChI is InChI=1S/C14H30N4O2/c1-4-7-11(8-5-2)18-12(13(19)20-3)9-6-10-17-14(15)16/h11-12,18H,4-10H2,1-3H3,(H4,15,16,17)/t12-/m0/s1. The molecule has 20 heavy (non-hydrogen) atoms. The molecule has 0 unspecified atom stereocenters. The number of ether oxygens (including phenoxy) is 1. The van der Waals surface area contributed by atoms with Crippen LogP contribution in [0.15, 0.2) is 4.99 Å². The SMILES string of the molecule is CCCC(CCC)N[C@@H](CCCN=C(N)N)C(=O)OC. The number of guanidine groups is 1. The summed E-state index contributed by atoms with van der Waals surface area (Å²) in [6.07, 6.45) is 5.74. The van der Waals surface area contributed by atoms with Crippen LogP contribution < -0.4 is 16.8 Å². The number of hydrogen-bond acceptors (Lipinski definition) is 4. The van der Waals surface area contributed by atoms with E-state index in [-0.39, 0.29) is 18.0 Å². The molecule has 0 heterocycles. The molecule has 0 saturated carbocycles. The van der Waals surface area contributed by atoms with Crippen LogP contribution in [0.2, 0.25) is 0 Å². The Morgan fingerprint density at radius 1 is 1.20 bits per heavy atom. The van der Waals surface area contributed by atoms with Gasteiger partial charge in [0.05, 0.1) is 7.11 Å². The maximum Gasteiger partial charge on any atom is 0.322 e. The molecule has 0 radical (unpaired) electrons. The van der Waals surface area contributed by atoms with E-state index >= 15 is 0 Å². The number of aliphatic imine (C=N–C) groups is 1. The number of nitrogens with zero attached hydrogens (tertiary/aromatic N) is 1. The van der Waals surface area contributed by atoms with Crippen molar-refractivity contribution in [3.05, 3.63) is 0 Å². The average molecular weight is 286 g/mol.